The van der Waals surface area contributed by atoms with Gasteiger partial charge < -0.3 is 15.8 Å². The molecular weight excluding hydrogens is 324 g/mol. The first-order valence-corrected chi connectivity index (χ1v) is 7.49. The molecule has 0 spiro atoms. The van der Waals surface area contributed by atoms with Crippen molar-refractivity contribution in [2.45, 2.75) is 6.92 Å². The lowest BCUT2D eigenvalue weighted by Crippen LogP contribution is -2.04. The molecule has 0 bridgehead atoms. The van der Waals surface area contributed by atoms with Crippen LogP contribution in [0, 0.1) is 0 Å². The van der Waals surface area contributed by atoms with Gasteiger partial charge in [-0.3, -0.25) is 4.79 Å². The molecule has 6 nitrogen and oxygen atoms in total. The zero-order valence-electron chi connectivity index (χ0n) is 11.5. The summed E-state index contributed by atoms with van der Waals surface area (Å²) < 4.78 is 5.65. The van der Waals surface area contributed by atoms with E-state index in [0.717, 1.165) is 0 Å². The Balaban J connectivity index is 1.87. The first-order chi connectivity index (χ1) is 10.5. The maximum atomic E-state index is 11.0. The second-order valence-electron chi connectivity index (χ2n) is 4.46. The van der Waals surface area contributed by atoms with Crippen molar-refractivity contribution in [3.8, 4) is 11.6 Å². The maximum absolute atomic E-state index is 11.0. The molecule has 2 aromatic heterocycles. The van der Waals surface area contributed by atoms with Gasteiger partial charge in [0.1, 0.15) is 16.1 Å². The number of hydrogen-bond donors (Lipinski definition) is 2. The Kier molecular flexibility index (Phi) is 3.82. The van der Waals surface area contributed by atoms with E-state index < -0.39 is 0 Å². The second kappa shape index (κ2) is 5.78. The van der Waals surface area contributed by atoms with Crippen molar-refractivity contribution < 1.29 is 9.53 Å². The topological polar surface area (TPSA) is 90.1 Å². The van der Waals surface area contributed by atoms with E-state index in [2.05, 4.69) is 15.3 Å². The molecule has 1 amide bonds. The van der Waals surface area contributed by atoms with E-state index in [1.54, 1.807) is 30.3 Å². The lowest BCUT2D eigenvalue weighted by molar-refractivity contribution is -0.114. The van der Waals surface area contributed by atoms with Crippen molar-refractivity contribution in [2.75, 3.05) is 11.1 Å². The first kappa shape index (κ1) is 14.6. The Morgan fingerprint density at radius 1 is 1.32 bits per heavy atom. The fourth-order valence-electron chi connectivity index (χ4n) is 1.77. The SMILES string of the molecule is CC(=O)Nc1nc2ccc(Oc3ccc(Cl)c(N)c3)nc2s1. The van der Waals surface area contributed by atoms with Crippen LogP contribution in [-0.4, -0.2) is 15.9 Å². The molecule has 112 valence electrons. The van der Waals surface area contributed by atoms with Gasteiger partial charge in [-0.15, -0.1) is 0 Å². The molecule has 0 radical (unpaired) electrons. The number of halogens is 1. The fourth-order valence-corrected chi connectivity index (χ4v) is 2.76. The predicted octanol–water partition coefficient (Wildman–Crippen LogP) is 3.68. The minimum atomic E-state index is -0.174. The third-order valence-corrected chi connectivity index (χ3v) is 3.93. The lowest BCUT2D eigenvalue weighted by Gasteiger charge is -2.05. The molecule has 0 atom stereocenters. The highest BCUT2D eigenvalue weighted by Gasteiger charge is 2.09. The van der Waals surface area contributed by atoms with Gasteiger partial charge in [0.25, 0.3) is 0 Å². The molecule has 0 aliphatic carbocycles. The Labute approximate surface area is 134 Å². The highest BCUT2D eigenvalue weighted by molar-refractivity contribution is 7.21. The van der Waals surface area contributed by atoms with Crippen molar-refractivity contribution in [1.29, 1.82) is 0 Å². The summed E-state index contributed by atoms with van der Waals surface area (Å²) in [7, 11) is 0. The van der Waals surface area contributed by atoms with E-state index >= 15 is 0 Å². The summed E-state index contributed by atoms with van der Waals surface area (Å²) in [5.74, 6) is 0.778. The smallest absolute Gasteiger partial charge is 0.223 e. The summed E-state index contributed by atoms with van der Waals surface area (Å²) in [5, 5.41) is 3.61. The highest BCUT2D eigenvalue weighted by Crippen LogP contribution is 2.30. The van der Waals surface area contributed by atoms with Gasteiger partial charge in [-0.1, -0.05) is 22.9 Å². The Hall–Kier alpha value is -2.38. The molecule has 0 saturated heterocycles. The number of carbonyl (C=O) groups excluding carboxylic acids is 1. The summed E-state index contributed by atoms with van der Waals surface area (Å²) in [5.41, 5.74) is 6.86. The lowest BCUT2D eigenvalue weighted by atomic mass is 10.3. The molecule has 0 aliphatic heterocycles. The molecule has 0 aliphatic rings. The normalized spacial score (nSPS) is 10.6. The van der Waals surface area contributed by atoms with Gasteiger partial charge in [0.15, 0.2) is 5.13 Å². The molecular formula is C14H11ClN4O2S. The number of nitrogen functional groups attached to an aromatic ring is 1. The van der Waals surface area contributed by atoms with Crippen molar-refractivity contribution in [3.05, 3.63) is 35.4 Å². The molecule has 22 heavy (non-hydrogen) atoms. The van der Waals surface area contributed by atoms with Gasteiger partial charge in [-0.05, 0) is 18.2 Å². The number of fused-ring (bicyclic) bond motifs is 1. The van der Waals surface area contributed by atoms with Crippen LogP contribution >= 0.6 is 22.9 Å². The molecule has 3 N–H and O–H groups in total. The molecule has 1 aromatic carbocycles. The van der Waals surface area contributed by atoms with Crippen molar-refractivity contribution in [2.24, 2.45) is 0 Å². The molecule has 0 saturated carbocycles. The molecule has 3 rings (SSSR count). The zero-order chi connectivity index (χ0) is 15.7. The van der Waals surface area contributed by atoms with Crippen molar-refractivity contribution in [1.82, 2.24) is 9.97 Å². The Morgan fingerprint density at radius 3 is 2.86 bits per heavy atom. The van der Waals surface area contributed by atoms with Gasteiger partial charge >= 0.3 is 0 Å². The van der Waals surface area contributed by atoms with Crippen LogP contribution in [-0.2, 0) is 4.79 Å². The number of aromatic nitrogens is 2. The average Bonchev–Trinajstić information content (AvgIpc) is 2.83. The maximum Gasteiger partial charge on any atom is 0.223 e. The number of carbonyl (C=O) groups is 1. The van der Waals surface area contributed by atoms with Crippen LogP contribution in [0.2, 0.25) is 5.02 Å². The number of thiazole rings is 1. The molecule has 2 heterocycles. The van der Waals surface area contributed by atoms with Gasteiger partial charge in [-0.2, -0.15) is 0 Å². The highest BCUT2D eigenvalue weighted by atomic mass is 35.5. The minimum Gasteiger partial charge on any atom is -0.439 e. The number of anilines is 2. The van der Waals surface area contributed by atoms with E-state index in [1.165, 1.54) is 18.3 Å². The van der Waals surface area contributed by atoms with Gasteiger partial charge in [0.2, 0.25) is 11.8 Å². The number of hydrogen-bond acceptors (Lipinski definition) is 6. The van der Waals surface area contributed by atoms with Crippen LogP contribution in [0.5, 0.6) is 11.6 Å². The Bertz CT molecular complexity index is 865. The van der Waals surface area contributed by atoms with Crippen LogP contribution in [0.3, 0.4) is 0 Å². The number of ether oxygens (including phenoxy) is 1. The largest absolute Gasteiger partial charge is 0.439 e. The van der Waals surface area contributed by atoms with Crippen LogP contribution in [0.25, 0.3) is 10.3 Å². The van der Waals surface area contributed by atoms with Gasteiger partial charge in [-0.25, -0.2) is 9.97 Å². The van der Waals surface area contributed by atoms with Crippen LogP contribution in [0.15, 0.2) is 30.3 Å². The standard InChI is InChI=1S/C14H11ClN4O2S/c1-7(20)17-14-18-11-4-5-12(19-13(11)22-14)21-8-2-3-9(15)10(16)6-8/h2-6H,16H2,1H3,(H,17,18,20). The number of nitrogens with one attached hydrogen (secondary N) is 1. The zero-order valence-corrected chi connectivity index (χ0v) is 13.0. The number of amides is 1. The van der Waals surface area contributed by atoms with Crippen LogP contribution < -0.4 is 15.8 Å². The summed E-state index contributed by atoms with van der Waals surface area (Å²) in [6.45, 7) is 1.43. The number of nitrogens with zero attached hydrogens (tertiary/aromatic N) is 2. The number of pyridine rings is 1. The van der Waals surface area contributed by atoms with Crippen molar-refractivity contribution >= 4 is 50.0 Å². The van der Waals surface area contributed by atoms with Crippen LogP contribution in [0.1, 0.15) is 6.92 Å². The number of rotatable bonds is 3. The molecule has 3 aromatic rings. The summed E-state index contributed by atoms with van der Waals surface area (Å²) in [6, 6.07) is 8.47. The van der Waals surface area contributed by atoms with E-state index in [-0.39, 0.29) is 5.91 Å². The minimum absolute atomic E-state index is 0.174. The third kappa shape index (κ3) is 3.10. The van der Waals surface area contributed by atoms with Crippen LogP contribution in [0.4, 0.5) is 10.8 Å². The number of nitrogens with two attached hydrogens (primary N) is 1. The van der Waals surface area contributed by atoms with E-state index in [1.807, 2.05) is 0 Å². The van der Waals surface area contributed by atoms with E-state index in [4.69, 9.17) is 22.1 Å². The van der Waals surface area contributed by atoms with Gasteiger partial charge in [0.05, 0.1) is 10.7 Å². The monoisotopic (exact) mass is 334 g/mol. The summed E-state index contributed by atoms with van der Waals surface area (Å²) in [4.78, 5) is 20.3. The molecule has 8 heteroatoms. The van der Waals surface area contributed by atoms with Crippen molar-refractivity contribution in [3.63, 3.8) is 0 Å². The summed E-state index contributed by atoms with van der Waals surface area (Å²) in [6.07, 6.45) is 0. The second-order valence-corrected chi connectivity index (χ2v) is 5.84. The molecule has 0 fully saturated rings. The summed E-state index contributed by atoms with van der Waals surface area (Å²) >= 11 is 7.14. The van der Waals surface area contributed by atoms with E-state index in [0.29, 0.717) is 37.8 Å². The average molecular weight is 335 g/mol. The Morgan fingerprint density at radius 2 is 2.14 bits per heavy atom. The van der Waals surface area contributed by atoms with Gasteiger partial charge in [0, 0.05) is 19.1 Å². The quantitative estimate of drug-likeness (QED) is 0.713. The fraction of sp³-hybridized carbons (Fsp3) is 0.0714. The predicted molar refractivity (Wildman–Crippen MR) is 87.7 cm³/mol. The molecule has 0 unspecified atom stereocenters. The van der Waals surface area contributed by atoms with E-state index in [9.17, 15) is 4.79 Å². The number of benzene rings is 1. The third-order valence-electron chi connectivity index (χ3n) is 2.70. The first-order valence-electron chi connectivity index (χ1n) is 6.29.